The molecular weight excluding hydrogens is 248 g/mol. The van der Waals surface area contributed by atoms with E-state index in [2.05, 4.69) is 10.5 Å². The van der Waals surface area contributed by atoms with E-state index in [1.54, 1.807) is 0 Å². The molecule has 6 heteroatoms. The summed E-state index contributed by atoms with van der Waals surface area (Å²) in [5, 5.41) is 15.3. The molecule has 104 valence electrons. The van der Waals surface area contributed by atoms with Gasteiger partial charge in [0.25, 0.3) is 5.91 Å². The average Bonchev–Trinajstić information content (AvgIpc) is 2.81. The lowest BCUT2D eigenvalue weighted by Crippen LogP contribution is -2.41. The van der Waals surface area contributed by atoms with Crippen LogP contribution in [0.2, 0.25) is 0 Å². The molecular formula is C13H18N2O4. The van der Waals surface area contributed by atoms with Crippen molar-refractivity contribution in [1.82, 2.24) is 10.5 Å². The van der Waals surface area contributed by atoms with Gasteiger partial charge in [0, 0.05) is 12.0 Å². The highest BCUT2D eigenvalue weighted by molar-refractivity contribution is 5.96. The van der Waals surface area contributed by atoms with Gasteiger partial charge in [0.1, 0.15) is 11.8 Å². The molecule has 0 radical (unpaired) electrons. The molecule has 2 rings (SSSR count). The zero-order chi connectivity index (χ0) is 13.8. The molecule has 6 nitrogen and oxygen atoms in total. The van der Waals surface area contributed by atoms with Gasteiger partial charge in [-0.3, -0.25) is 4.79 Å². The Kier molecular flexibility index (Phi) is 4.19. The normalized spacial score (nSPS) is 15.6. The van der Waals surface area contributed by atoms with Gasteiger partial charge < -0.3 is 14.9 Å². The molecule has 1 aliphatic rings. The number of hydrogen-bond acceptors (Lipinski definition) is 4. The van der Waals surface area contributed by atoms with E-state index < -0.39 is 17.9 Å². The van der Waals surface area contributed by atoms with Crippen LogP contribution in [-0.2, 0) is 17.6 Å². The van der Waals surface area contributed by atoms with Gasteiger partial charge in [0.2, 0.25) is 0 Å². The zero-order valence-electron chi connectivity index (χ0n) is 10.9. The lowest BCUT2D eigenvalue weighted by molar-refractivity contribution is -0.139. The average molecular weight is 266 g/mol. The van der Waals surface area contributed by atoms with E-state index in [0.717, 1.165) is 37.0 Å². The summed E-state index contributed by atoms with van der Waals surface area (Å²) in [7, 11) is 0. The van der Waals surface area contributed by atoms with Crippen molar-refractivity contribution in [2.24, 2.45) is 0 Å². The van der Waals surface area contributed by atoms with Gasteiger partial charge in [0.15, 0.2) is 5.69 Å². The Morgan fingerprint density at radius 1 is 1.42 bits per heavy atom. The first-order valence-electron chi connectivity index (χ1n) is 6.64. The standard InChI is InChI=1S/C13H18N2O4/c1-2-5-9(13(17)18)14-12(16)11-8-6-3-4-7-10(8)19-15-11/h9H,2-7H2,1H3,(H,14,16)(H,17,18). The van der Waals surface area contributed by atoms with Gasteiger partial charge in [-0.05, 0) is 25.7 Å². The number of rotatable bonds is 5. The van der Waals surface area contributed by atoms with Crippen LogP contribution in [0.1, 0.15) is 54.4 Å². The Bertz CT molecular complexity index is 481. The molecule has 1 aliphatic carbocycles. The zero-order valence-corrected chi connectivity index (χ0v) is 10.9. The molecule has 0 bridgehead atoms. The van der Waals surface area contributed by atoms with E-state index in [9.17, 15) is 9.59 Å². The number of carbonyl (C=O) groups is 2. The number of aryl methyl sites for hydroxylation is 1. The summed E-state index contributed by atoms with van der Waals surface area (Å²) < 4.78 is 5.15. The first-order chi connectivity index (χ1) is 9.13. The van der Waals surface area contributed by atoms with E-state index in [1.165, 1.54) is 0 Å². The summed E-state index contributed by atoms with van der Waals surface area (Å²) >= 11 is 0. The van der Waals surface area contributed by atoms with Crippen LogP contribution in [0.15, 0.2) is 4.52 Å². The minimum atomic E-state index is -1.02. The van der Waals surface area contributed by atoms with E-state index in [1.807, 2.05) is 6.92 Å². The second kappa shape index (κ2) is 5.86. The summed E-state index contributed by atoms with van der Waals surface area (Å²) in [6, 6.07) is -0.867. The van der Waals surface area contributed by atoms with Crippen LogP contribution in [0.3, 0.4) is 0 Å². The van der Waals surface area contributed by atoms with Crippen molar-refractivity contribution in [3.8, 4) is 0 Å². The molecule has 1 aromatic rings. The first kappa shape index (κ1) is 13.6. The summed E-state index contributed by atoms with van der Waals surface area (Å²) in [4.78, 5) is 23.1. The number of aromatic nitrogens is 1. The third-order valence-corrected chi connectivity index (χ3v) is 3.35. The fraction of sp³-hybridized carbons (Fsp3) is 0.615. The molecule has 2 N–H and O–H groups in total. The topological polar surface area (TPSA) is 92.4 Å². The maximum absolute atomic E-state index is 12.1. The number of carboxylic acids is 1. The summed E-state index contributed by atoms with van der Waals surface area (Å²) in [5.74, 6) is -0.709. The highest BCUT2D eigenvalue weighted by atomic mass is 16.5. The van der Waals surface area contributed by atoms with Crippen LogP contribution in [-0.4, -0.2) is 28.2 Å². The van der Waals surface area contributed by atoms with Crippen LogP contribution in [0, 0.1) is 0 Å². The Hall–Kier alpha value is -1.85. The van der Waals surface area contributed by atoms with Crippen LogP contribution < -0.4 is 5.32 Å². The lowest BCUT2D eigenvalue weighted by Gasteiger charge is -2.13. The fourth-order valence-electron chi connectivity index (χ4n) is 2.34. The number of aliphatic carboxylic acids is 1. The maximum Gasteiger partial charge on any atom is 0.326 e. The molecule has 1 amide bonds. The summed E-state index contributed by atoms with van der Waals surface area (Å²) in [6.45, 7) is 1.88. The Labute approximate surface area is 111 Å². The van der Waals surface area contributed by atoms with Gasteiger partial charge >= 0.3 is 5.97 Å². The Morgan fingerprint density at radius 2 is 2.16 bits per heavy atom. The molecule has 0 aliphatic heterocycles. The largest absolute Gasteiger partial charge is 0.480 e. The molecule has 0 aromatic carbocycles. The van der Waals surface area contributed by atoms with Crippen molar-refractivity contribution >= 4 is 11.9 Å². The minimum absolute atomic E-state index is 0.247. The second-order valence-electron chi connectivity index (χ2n) is 4.79. The van der Waals surface area contributed by atoms with Gasteiger partial charge in [-0.25, -0.2) is 4.79 Å². The summed E-state index contributed by atoms with van der Waals surface area (Å²) in [5.41, 5.74) is 1.08. The minimum Gasteiger partial charge on any atom is -0.480 e. The van der Waals surface area contributed by atoms with Crippen molar-refractivity contribution in [3.63, 3.8) is 0 Å². The van der Waals surface area contributed by atoms with Crippen LogP contribution >= 0.6 is 0 Å². The number of nitrogens with zero attached hydrogens (tertiary/aromatic N) is 1. The molecule has 1 heterocycles. The highest BCUT2D eigenvalue weighted by Crippen LogP contribution is 2.24. The van der Waals surface area contributed by atoms with Gasteiger partial charge in [0.05, 0.1) is 0 Å². The number of nitrogens with one attached hydrogen (secondary N) is 1. The number of amides is 1. The van der Waals surface area contributed by atoms with Crippen LogP contribution in [0.4, 0.5) is 0 Å². The van der Waals surface area contributed by atoms with E-state index in [0.29, 0.717) is 12.8 Å². The predicted octanol–water partition coefficient (Wildman–Crippen LogP) is 1.54. The van der Waals surface area contributed by atoms with Crippen molar-refractivity contribution in [2.75, 3.05) is 0 Å². The number of fused-ring (bicyclic) bond motifs is 1. The number of carboxylic acid groups (broad SMARTS) is 1. The molecule has 1 aromatic heterocycles. The Balaban J connectivity index is 2.11. The van der Waals surface area contributed by atoms with Crippen molar-refractivity contribution in [2.45, 2.75) is 51.5 Å². The second-order valence-corrected chi connectivity index (χ2v) is 4.79. The summed E-state index contributed by atoms with van der Waals surface area (Å²) in [6.07, 6.45) is 4.71. The quantitative estimate of drug-likeness (QED) is 0.843. The lowest BCUT2D eigenvalue weighted by atomic mass is 9.96. The molecule has 0 fully saturated rings. The highest BCUT2D eigenvalue weighted by Gasteiger charge is 2.27. The fourth-order valence-corrected chi connectivity index (χ4v) is 2.34. The first-order valence-corrected chi connectivity index (χ1v) is 6.64. The monoisotopic (exact) mass is 266 g/mol. The van der Waals surface area contributed by atoms with E-state index >= 15 is 0 Å². The molecule has 0 spiro atoms. The predicted molar refractivity (Wildman–Crippen MR) is 66.9 cm³/mol. The third kappa shape index (κ3) is 2.94. The molecule has 0 saturated carbocycles. The maximum atomic E-state index is 12.1. The third-order valence-electron chi connectivity index (χ3n) is 3.35. The number of hydrogen-bond donors (Lipinski definition) is 2. The molecule has 0 saturated heterocycles. The smallest absolute Gasteiger partial charge is 0.326 e. The molecule has 1 atom stereocenters. The van der Waals surface area contributed by atoms with Gasteiger partial charge in [-0.2, -0.15) is 0 Å². The Morgan fingerprint density at radius 3 is 2.84 bits per heavy atom. The molecule has 19 heavy (non-hydrogen) atoms. The molecule has 1 unspecified atom stereocenters. The van der Waals surface area contributed by atoms with Crippen LogP contribution in [0.25, 0.3) is 0 Å². The van der Waals surface area contributed by atoms with Gasteiger partial charge in [-0.1, -0.05) is 18.5 Å². The SMILES string of the molecule is CCCC(NC(=O)c1noc2c1CCCC2)C(=O)O. The van der Waals surface area contributed by atoms with Crippen molar-refractivity contribution < 1.29 is 19.2 Å². The van der Waals surface area contributed by atoms with Crippen molar-refractivity contribution in [3.05, 3.63) is 17.0 Å². The van der Waals surface area contributed by atoms with E-state index in [4.69, 9.17) is 9.63 Å². The van der Waals surface area contributed by atoms with Gasteiger partial charge in [-0.15, -0.1) is 0 Å². The van der Waals surface area contributed by atoms with Crippen molar-refractivity contribution in [1.29, 1.82) is 0 Å². The number of carbonyl (C=O) groups excluding carboxylic acids is 1. The van der Waals surface area contributed by atoms with Crippen LogP contribution in [0.5, 0.6) is 0 Å². The van der Waals surface area contributed by atoms with E-state index in [-0.39, 0.29) is 5.69 Å².